The molecule has 3 aromatic rings. The molecule has 2 heterocycles. The molecule has 3 rings (SSSR count). The molecule has 0 unspecified atom stereocenters. The zero-order chi connectivity index (χ0) is 18.7. The summed E-state index contributed by atoms with van der Waals surface area (Å²) in [6.07, 6.45) is 1.65. The van der Waals surface area contributed by atoms with Crippen molar-refractivity contribution in [1.29, 1.82) is 0 Å². The van der Waals surface area contributed by atoms with Gasteiger partial charge in [0.2, 0.25) is 5.95 Å². The molecule has 1 N–H and O–H groups in total. The van der Waals surface area contributed by atoms with E-state index in [1.54, 1.807) is 12.1 Å². The fraction of sp³-hybridized carbons (Fsp3) is 0. The van der Waals surface area contributed by atoms with Crippen molar-refractivity contribution in [1.82, 2.24) is 9.97 Å². The summed E-state index contributed by atoms with van der Waals surface area (Å²) in [6.45, 7) is 3.75. The molecule has 0 spiro atoms. The van der Waals surface area contributed by atoms with Crippen molar-refractivity contribution >= 4 is 33.5 Å². The van der Waals surface area contributed by atoms with Crippen LogP contribution in [0.5, 0.6) is 0 Å². The molecule has 1 aromatic carbocycles. The summed E-state index contributed by atoms with van der Waals surface area (Å²) in [5.41, 5.74) is 1.90. The SMILES string of the molecule is C=Cc1ccccc1-c1nc(NS(=O)(=O)c2cccc(F)n2)ccc1Cl. The number of nitrogens with zero attached hydrogens (tertiary/aromatic N) is 2. The molecule has 0 fully saturated rings. The van der Waals surface area contributed by atoms with E-state index in [-0.39, 0.29) is 5.82 Å². The minimum Gasteiger partial charge on any atom is -0.262 e. The van der Waals surface area contributed by atoms with Gasteiger partial charge in [0.1, 0.15) is 5.82 Å². The Hall–Kier alpha value is -2.77. The van der Waals surface area contributed by atoms with E-state index in [0.717, 1.165) is 11.6 Å². The van der Waals surface area contributed by atoms with Gasteiger partial charge in [0, 0.05) is 5.56 Å². The highest BCUT2D eigenvalue weighted by Gasteiger charge is 2.18. The maximum atomic E-state index is 13.2. The first kappa shape index (κ1) is 18.0. The Morgan fingerprint density at radius 3 is 2.54 bits per heavy atom. The van der Waals surface area contributed by atoms with Crippen molar-refractivity contribution in [3.8, 4) is 11.3 Å². The lowest BCUT2D eigenvalue weighted by molar-refractivity contribution is 0.558. The number of nitrogens with one attached hydrogen (secondary N) is 1. The number of aromatic nitrogens is 2. The second kappa shape index (κ2) is 7.23. The van der Waals surface area contributed by atoms with Crippen LogP contribution in [-0.4, -0.2) is 18.4 Å². The third-order valence-corrected chi connectivity index (χ3v) is 5.05. The van der Waals surface area contributed by atoms with Gasteiger partial charge < -0.3 is 0 Å². The first-order chi connectivity index (χ1) is 12.4. The van der Waals surface area contributed by atoms with Crippen molar-refractivity contribution in [2.45, 2.75) is 5.03 Å². The molecule has 0 atom stereocenters. The van der Waals surface area contributed by atoms with Crippen LogP contribution in [0.25, 0.3) is 17.3 Å². The Bertz CT molecular complexity index is 1090. The molecule has 0 aliphatic heterocycles. The molecular weight excluding hydrogens is 377 g/mol. The molecule has 0 radical (unpaired) electrons. The van der Waals surface area contributed by atoms with Crippen molar-refractivity contribution in [3.05, 3.63) is 77.7 Å². The quantitative estimate of drug-likeness (QED) is 0.657. The summed E-state index contributed by atoms with van der Waals surface area (Å²) >= 11 is 6.23. The standard InChI is InChI=1S/C18H13ClFN3O2S/c1-2-12-6-3-4-7-13(12)18-14(19)10-11-16(22-18)23-26(24,25)17-9-5-8-15(20)21-17/h2-11H,1H2,(H,22,23). The van der Waals surface area contributed by atoms with Crippen LogP contribution in [0.1, 0.15) is 5.56 Å². The van der Waals surface area contributed by atoms with Gasteiger partial charge in [-0.05, 0) is 29.8 Å². The van der Waals surface area contributed by atoms with E-state index in [0.29, 0.717) is 16.3 Å². The molecule has 0 bridgehead atoms. The van der Waals surface area contributed by atoms with E-state index in [9.17, 15) is 12.8 Å². The van der Waals surface area contributed by atoms with Crippen LogP contribution in [0.2, 0.25) is 5.02 Å². The number of pyridine rings is 2. The van der Waals surface area contributed by atoms with Gasteiger partial charge in [0.05, 0.1) is 10.7 Å². The van der Waals surface area contributed by atoms with Crippen molar-refractivity contribution in [2.24, 2.45) is 0 Å². The fourth-order valence-corrected chi connectivity index (χ4v) is 3.47. The van der Waals surface area contributed by atoms with Crippen molar-refractivity contribution < 1.29 is 12.8 Å². The van der Waals surface area contributed by atoms with Crippen LogP contribution < -0.4 is 4.72 Å². The van der Waals surface area contributed by atoms with Gasteiger partial charge in [-0.3, -0.25) is 4.72 Å². The number of rotatable bonds is 5. The topological polar surface area (TPSA) is 72.0 Å². The van der Waals surface area contributed by atoms with Gasteiger partial charge in [0.15, 0.2) is 5.03 Å². The second-order valence-corrected chi connectivity index (χ2v) is 7.26. The van der Waals surface area contributed by atoms with Gasteiger partial charge >= 0.3 is 0 Å². The first-order valence-electron chi connectivity index (χ1n) is 7.44. The molecule has 0 aliphatic carbocycles. The maximum Gasteiger partial charge on any atom is 0.280 e. The number of hydrogen-bond donors (Lipinski definition) is 1. The van der Waals surface area contributed by atoms with E-state index in [2.05, 4.69) is 21.3 Å². The van der Waals surface area contributed by atoms with E-state index in [4.69, 9.17) is 11.6 Å². The highest BCUT2D eigenvalue weighted by atomic mass is 35.5. The fourth-order valence-electron chi connectivity index (χ4n) is 2.31. The summed E-state index contributed by atoms with van der Waals surface area (Å²) in [5.74, 6) is -0.855. The normalized spacial score (nSPS) is 11.2. The number of anilines is 1. The summed E-state index contributed by atoms with van der Waals surface area (Å²) in [7, 11) is -4.09. The van der Waals surface area contributed by atoms with Crippen LogP contribution in [0.4, 0.5) is 10.2 Å². The van der Waals surface area contributed by atoms with Crippen LogP contribution in [0.3, 0.4) is 0 Å². The number of halogens is 2. The average molecular weight is 390 g/mol. The van der Waals surface area contributed by atoms with E-state index in [1.807, 2.05) is 18.2 Å². The number of sulfonamides is 1. The Morgan fingerprint density at radius 1 is 1.04 bits per heavy atom. The molecule has 0 aliphatic rings. The number of benzene rings is 1. The van der Waals surface area contributed by atoms with Crippen molar-refractivity contribution in [3.63, 3.8) is 0 Å². The summed E-state index contributed by atoms with van der Waals surface area (Å²) < 4.78 is 40.3. The second-order valence-electron chi connectivity index (χ2n) is 5.22. The zero-order valence-electron chi connectivity index (χ0n) is 13.4. The predicted molar refractivity (Wildman–Crippen MR) is 99.8 cm³/mol. The van der Waals surface area contributed by atoms with E-state index in [1.165, 1.54) is 24.3 Å². The van der Waals surface area contributed by atoms with Crippen molar-refractivity contribution in [2.75, 3.05) is 4.72 Å². The molecule has 132 valence electrons. The lowest BCUT2D eigenvalue weighted by Gasteiger charge is -2.11. The Morgan fingerprint density at radius 2 is 1.81 bits per heavy atom. The molecule has 8 heteroatoms. The van der Waals surface area contributed by atoms with Gasteiger partial charge in [-0.2, -0.15) is 12.8 Å². The predicted octanol–water partition coefficient (Wildman–Crippen LogP) is 4.38. The Labute approximate surface area is 155 Å². The van der Waals surface area contributed by atoms with Gasteiger partial charge in [0.25, 0.3) is 10.0 Å². The molecule has 0 amide bonds. The summed E-state index contributed by atoms with van der Waals surface area (Å²) in [5, 5.41) is -0.0894. The smallest absolute Gasteiger partial charge is 0.262 e. The largest absolute Gasteiger partial charge is 0.280 e. The minimum atomic E-state index is -4.09. The minimum absolute atomic E-state index is 0.0364. The molecule has 26 heavy (non-hydrogen) atoms. The maximum absolute atomic E-state index is 13.2. The Balaban J connectivity index is 2.02. The first-order valence-corrected chi connectivity index (χ1v) is 9.30. The highest BCUT2D eigenvalue weighted by Crippen LogP contribution is 2.31. The lowest BCUT2D eigenvalue weighted by Crippen LogP contribution is -2.16. The highest BCUT2D eigenvalue weighted by molar-refractivity contribution is 7.92. The Kier molecular flexibility index (Phi) is 5.01. The molecule has 0 saturated heterocycles. The molecule has 5 nitrogen and oxygen atoms in total. The summed E-state index contributed by atoms with van der Waals surface area (Å²) in [4.78, 5) is 7.68. The summed E-state index contributed by atoms with van der Waals surface area (Å²) in [6, 6.07) is 13.8. The third-order valence-electron chi connectivity index (χ3n) is 3.49. The zero-order valence-corrected chi connectivity index (χ0v) is 14.9. The lowest BCUT2D eigenvalue weighted by atomic mass is 10.0. The van der Waals surface area contributed by atoms with E-state index < -0.39 is 21.0 Å². The monoisotopic (exact) mass is 389 g/mol. The molecule has 0 saturated carbocycles. The van der Waals surface area contributed by atoms with Gasteiger partial charge in [-0.15, -0.1) is 0 Å². The van der Waals surface area contributed by atoms with Crippen LogP contribution in [-0.2, 0) is 10.0 Å². The van der Waals surface area contributed by atoms with Crippen LogP contribution in [0.15, 0.2) is 66.2 Å². The number of hydrogen-bond acceptors (Lipinski definition) is 4. The van der Waals surface area contributed by atoms with Gasteiger partial charge in [-0.25, -0.2) is 9.97 Å². The van der Waals surface area contributed by atoms with Gasteiger partial charge in [-0.1, -0.05) is 54.6 Å². The van der Waals surface area contributed by atoms with Crippen LogP contribution in [0, 0.1) is 5.95 Å². The van der Waals surface area contributed by atoms with E-state index >= 15 is 0 Å². The molecule has 2 aromatic heterocycles. The van der Waals surface area contributed by atoms with Crippen LogP contribution >= 0.6 is 11.6 Å². The third kappa shape index (κ3) is 3.74. The molecular formula is C18H13ClFN3O2S. The average Bonchev–Trinajstić information content (AvgIpc) is 2.63.